The second-order valence-corrected chi connectivity index (χ2v) is 5.26. The maximum atomic E-state index is 5.61. The van der Waals surface area contributed by atoms with Crippen molar-refractivity contribution >= 4 is 33.6 Å². The molecule has 5 heteroatoms. The fourth-order valence-electron chi connectivity index (χ4n) is 1.65. The molecule has 0 N–H and O–H groups in total. The minimum Gasteiger partial charge on any atom is -0.376 e. The molecule has 1 aromatic carbocycles. The number of rotatable bonds is 4. The number of nitrogens with zero attached hydrogens (tertiary/aromatic N) is 3. The van der Waals surface area contributed by atoms with Gasteiger partial charge < -0.3 is 4.74 Å². The molecule has 0 atom stereocenters. The highest BCUT2D eigenvalue weighted by Crippen LogP contribution is 2.23. The number of halogens is 1. The van der Waals surface area contributed by atoms with Gasteiger partial charge in [0.05, 0.1) is 24.8 Å². The molecule has 1 fully saturated rings. The molecule has 0 bridgehead atoms. The molecular weight excluding hydrogens is 317 g/mol. The van der Waals surface area contributed by atoms with Gasteiger partial charge in [0.1, 0.15) is 5.52 Å². The molecule has 1 aliphatic carbocycles. The molecule has 2 aromatic rings. The van der Waals surface area contributed by atoms with Crippen LogP contribution in [0.15, 0.2) is 18.2 Å². The lowest BCUT2D eigenvalue weighted by Gasteiger charge is -2.02. The molecule has 3 rings (SSSR count). The molecule has 1 aromatic heterocycles. The third kappa shape index (κ3) is 2.20. The van der Waals surface area contributed by atoms with E-state index >= 15 is 0 Å². The summed E-state index contributed by atoms with van der Waals surface area (Å²) < 4.78 is 8.71. The van der Waals surface area contributed by atoms with Crippen LogP contribution in [-0.4, -0.2) is 27.7 Å². The monoisotopic (exact) mass is 329 g/mol. The Hall–Kier alpha value is -0.690. The fraction of sp³-hybridized carbons (Fsp3) is 0.455. The maximum absolute atomic E-state index is 5.61. The van der Waals surface area contributed by atoms with Crippen molar-refractivity contribution in [2.75, 3.05) is 6.61 Å². The Labute approximate surface area is 107 Å². The second-order valence-electron chi connectivity index (χ2n) is 4.02. The van der Waals surface area contributed by atoms with Gasteiger partial charge in [-0.3, -0.25) is 0 Å². The highest BCUT2D eigenvalue weighted by molar-refractivity contribution is 14.1. The van der Waals surface area contributed by atoms with E-state index in [1.165, 1.54) is 16.4 Å². The van der Waals surface area contributed by atoms with E-state index in [9.17, 15) is 0 Å². The summed E-state index contributed by atoms with van der Waals surface area (Å²) in [6.45, 7) is 1.52. The first-order valence-electron chi connectivity index (χ1n) is 5.43. The Morgan fingerprint density at radius 1 is 1.44 bits per heavy atom. The number of hydrogen-bond donors (Lipinski definition) is 0. The highest BCUT2D eigenvalue weighted by atomic mass is 127. The Balaban J connectivity index is 1.75. The van der Waals surface area contributed by atoms with E-state index in [1.54, 1.807) is 0 Å². The van der Waals surface area contributed by atoms with Gasteiger partial charge in [0.15, 0.2) is 0 Å². The van der Waals surface area contributed by atoms with Crippen LogP contribution in [0.5, 0.6) is 0 Å². The van der Waals surface area contributed by atoms with Crippen LogP contribution in [0.3, 0.4) is 0 Å². The van der Waals surface area contributed by atoms with Crippen LogP contribution in [0, 0.1) is 3.57 Å². The zero-order valence-electron chi connectivity index (χ0n) is 8.77. The highest BCUT2D eigenvalue weighted by Gasteiger charge is 2.21. The van der Waals surface area contributed by atoms with E-state index in [-0.39, 0.29) is 0 Å². The van der Waals surface area contributed by atoms with E-state index in [2.05, 4.69) is 45.0 Å². The molecule has 1 heterocycles. The molecule has 1 aliphatic rings. The summed E-state index contributed by atoms with van der Waals surface area (Å²) in [5.41, 5.74) is 2.04. The first-order valence-corrected chi connectivity index (χ1v) is 6.51. The van der Waals surface area contributed by atoms with Crippen LogP contribution < -0.4 is 0 Å². The van der Waals surface area contributed by atoms with Crippen molar-refractivity contribution in [2.45, 2.75) is 25.5 Å². The van der Waals surface area contributed by atoms with Crippen LogP contribution >= 0.6 is 22.6 Å². The number of ether oxygens (including phenoxy) is 1. The van der Waals surface area contributed by atoms with Crippen molar-refractivity contribution in [2.24, 2.45) is 0 Å². The van der Waals surface area contributed by atoms with Gasteiger partial charge in [-0.2, -0.15) is 0 Å². The molecule has 16 heavy (non-hydrogen) atoms. The summed E-state index contributed by atoms with van der Waals surface area (Å²) in [5, 5.41) is 8.28. The second kappa shape index (κ2) is 4.29. The van der Waals surface area contributed by atoms with Gasteiger partial charge in [0.25, 0.3) is 0 Å². The van der Waals surface area contributed by atoms with Gasteiger partial charge in [-0.15, -0.1) is 5.10 Å². The Morgan fingerprint density at radius 3 is 3.12 bits per heavy atom. The Bertz CT molecular complexity index is 507. The van der Waals surface area contributed by atoms with Crippen LogP contribution in [0.1, 0.15) is 12.8 Å². The standard InChI is InChI=1S/C11H12IN3O/c12-8-1-4-11-10(7-8)13-14-15(11)5-6-16-9-2-3-9/h1,4,7,9H,2-3,5-6H2. The van der Waals surface area contributed by atoms with Crippen molar-refractivity contribution < 1.29 is 4.74 Å². The lowest BCUT2D eigenvalue weighted by Crippen LogP contribution is -2.08. The topological polar surface area (TPSA) is 39.9 Å². The zero-order valence-corrected chi connectivity index (χ0v) is 10.9. The summed E-state index contributed by atoms with van der Waals surface area (Å²) in [7, 11) is 0. The van der Waals surface area contributed by atoms with Crippen molar-refractivity contribution in [3.63, 3.8) is 0 Å². The molecule has 84 valence electrons. The van der Waals surface area contributed by atoms with Crippen molar-refractivity contribution in [3.8, 4) is 0 Å². The number of hydrogen-bond acceptors (Lipinski definition) is 3. The molecule has 1 saturated carbocycles. The summed E-state index contributed by atoms with van der Waals surface area (Å²) in [5.74, 6) is 0. The number of benzene rings is 1. The first kappa shape index (κ1) is 10.5. The number of fused-ring (bicyclic) bond motifs is 1. The van der Waals surface area contributed by atoms with Gasteiger partial charge in [0.2, 0.25) is 0 Å². The largest absolute Gasteiger partial charge is 0.376 e. The normalized spacial score (nSPS) is 15.8. The quantitative estimate of drug-likeness (QED) is 0.808. The SMILES string of the molecule is Ic1ccc2c(c1)nnn2CCOC1CC1. The molecule has 0 spiro atoms. The van der Waals surface area contributed by atoms with E-state index in [0.29, 0.717) is 6.10 Å². The van der Waals surface area contributed by atoms with Crippen molar-refractivity contribution in [3.05, 3.63) is 21.8 Å². The van der Waals surface area contributed by atoms with Crippen LogP contribution in [-0.2, 0) is 11.3 Å². The minimum absolute atomic E-state index is 0.510. The Kier molecular flexibility index (Phi) is 2.81. The summed E-state index contributed by atoms with van der Waals surface area (Å²) >= 11 is 2.28. The van der Waals surface area contributed by atoms with Gasteiger partial charge >= 0.3 is 0 Å². The first-order chi connectivity index (χ1) is 7.83. The number of aromatic nitrogens is 3. The molecule has 0 radical (unpaired) electrons. The summed E-state index contributed by atoms with van der Waals surface area (Å²) in [6.07, 6.45) is 2.95. The van der Waals surface area contributed by atoms with Gasteiger partial charge in [-0.25, -0.2) is 4.68 Å². The van der Waals surface area contributed by atoms with Gasteiger partial charge in [-0.05, 0) is 53.6 Å². The molecule has 4 nitrogen and oxygen atoms in total. The summed E-state index contributed by atoms with van der Waals surface area (Å²) in [6, 6.07) is 6.18. The average Bonchev–Trinajstić information content (AvgIpc) is 3.00. The zero-order chi connectivity index (χ0) is 11.0. The smallest absolute Gasteiger partial charge is 0.114 e. The predicted molar refractivity (Wildman–Crippen MR) is 69.2 cm³/mol. The van der Waals surface area contributed by atoms with E-state index < -0.39 is 0 Å². The van der Waals surface area contributed by atoms with E-state index in [0.717, 1.165) is 24.2 Å². The van der Waals surface area contributed by atoms with Crippen LogP contribution in [0.4, 0.5) is 0 Å². The van der Waals surface area contributed by atoms with E-state index in [1.807, 2.05) is 10.7 Å². The lowest BCUT2D eigenvalue weighted by atomic mass is 10.3. The average molecular weight is 329 g/mol. The third-order valence-electron chi connectivity index (χ3n) is 2.66. The minimum atomic E-state index is 0.510. The fourth-order valence-corrected chi connectivity index (χ4v) is 2.13. The maximum Gasteiger partial charge on any atom is 0.114 e. The molecule has 0 unspecified atom stereocenters. The molecular formula is C11H12IN3O. The molecule has 0 aliphatic heterocycles. The van der Waals surface area contributed by atoms with Crippen molar-refractivity contribution in [1.82, 2.24) is 15.0 Å². The van der Waals surface area contributed by atoms with Gasteiger partial charge in [-0.1, -0.05) is 5.21 Å². The van der Waals surface area contributed by atoms with Crippen LogP contribution in [0.2, 0.25) is 0 Å². The van der Waals surface area contributed by atoms with Crippen molar-refractivity contribution in [1.29, 1.82) is 0 Å². The molecule has 0 amide bonds. The van der Waals surface area contributed by atoms with E-state index in [4.69, 9.17) is 4.74 Å². The van der Waals surface area contributed by atoms with Gasteiger partial charge in [0, 0.05) is 3.57 Å². The predicted octanol–water partition coefficient (Wildman–Crippen LogP) is 2.21. The summed E-state index contributed by atoms with van der Waals surface area (Å²) in [4.78, 5) is 0. The van der Waals surface area contributed by atoms with Crippen LogP contribution in [0.25, 0.3) is 11.0 Å². The molecule has 0 saturated heterocycles. The lowest BCUT2D eigenvalue weighted by molar-refractivity contribution is 0.110. The Morgan fingerprint density at radius 2 is 2.31 bits per heavy atom. The third-order valence-corrected chi connectivity index (χ3v) is 3.33.